The number of amides is 2. The smallest absolute Gasteiger partial charge is 0.238 e. The van der Waals surface area contributed by atoms with Crippen LogP contribution in [0.4, 0.5) is 11.4 Å². The van der Waals surface area contributed by atoms with Gasteiger partial charge in [0, 0.05) is 28.8 Å². The van der Waals surface area contributed by atoms with Gasteiger partial charge in [-0.25, -0.2) is 0 Å². The van der Waals surface area contributed by atoms with E-state index >= 15 is 0 Å². The van der Waals surface area contributed by atoms with Crippen LogP contribution in [-0.4, -0.2) is 41.4 Å². The summed E-state index contributed by atoms with van der Waals surface area (Å²) in [6.45, 7) is 1.98. The minimum atomic E-state index is -0.373. The first kappa shape index (κ1) is 30.8. The number of hydrogen-bond donors (Lipinski definition) is 2. The average Bonchev–Trinajstić information content (AvgIpc) is 3.05. The Morgan fingerprint density at radius 1 is 0.511 bits per heavy atom. The van der Waals surface area contributed by atoms with Crippen molar-refractivity contribution in [2.45, 2.75) is 13.5 Å². The van der Waals surface area contributed by atoms with Gasteiger partial charge in [-0.2, -0.15) is 0 Å². The van der Waals surface area contributed by atoms with E-state index in [2.05, 4.69) is 10.6 Å². The molecule has 5 aromatic rings. The van der Waals surface area contributed by atoms with E-state index in [9.17, 15) is 19.2 Å². The summed E-state index contributed by atoms with van der Waals surface area (Å²) >= 11 is 0. The molecular formula is C38H33N3O4. The molecule has 0 atom stereocenters. The Labute approximate surface area is 262 Å². The Morgan fingerprint density at radius 2 is 0.956 bits per heavy atom. The van der Waals surface area contributed by atoms with Crippen molar-refractivity contribution in [3.8, 4) is 0 Å². The Kier molecular flexibility index (Phi) is 10.0. The van der Waals surface area contributed by atoms with Crippen LogP contribution in [0.3, 0.4) is 0 Å². The lowest BCUT2D eigenvalue weighted by molar-refractivity contribution is -0.120. The maximum Gasteiger partial charge on any atom is 0.238 e. The predicted molar refractivity (Wildman–Crippen MR) is 176 cm³/mol. The monoisotopic (exact) mass is 595 g/mol. The molecule has 0 heterocycles. The minimum Gasteiger partial charge on any atom is -0.324 e. The van der Waals surface area contributed by atoms with Crippen LogP contribution in [-0.2, 0) is 16.1 Å². The summed E-state index contributed by atoms with van der Waals surface area (Å²) in [5.74, 6) is -1.13. The number of para-hydroxylation sites is 2. The van der Waals surface area contributed by atoms with Gasteiger partial charge in [-0.1, -0.05) is 109 Å². The van der Waals surface area contributed by atoms with Crippen molar-refractivity contribution in [3.05, 3.63) is 167 Å². The van der Waals surface area contributed by atoms with E-state index in [-0.39, 0.29) is 36.5 Å². The second-order valence-corrected chi connectivity index (χ2v) is 10.7. The van der Waals surface area contributed by atoms with Gasteiger partial charge in [0.25, 0.3) is 0 Å². The number of benzene rings is 5. The standard InChI is InChI=1S/C38H33N3O4/c1-27-14-8-9-19-30(27)38(45)32-21-11-13-23-34(32)40-36(43)26-41(24-28-15-4-2-5-16-28)25-35(42)39-33-22-12-10-20-31(33)37(44)29-17-6-3-7-18-29/h2-23H,24-26H2,1H3,(H,39,42)(H,40,43). The van der Waals surface area contributed by atoms with Gasteiger partial charge in [0.2, 0.25) is 11.8 Å². The van der Waals surface area contributed by atoms with Gasteiger partial charge in [-0.15, -0.1) is 0 Å². The quantitative estimate of drug-likeness (QED) is 0.160. The zero-order valence-electron chi connectivity index (χ0n) is 24.9. The number of carbonyl (C=O) groups excluding carboxylic acids is 4. The Balaban J connectivity index is 1.32. The van der Waals surface area contributed by atoms with Crippen LogP contribution >= 0.6 is 0 Å². The minimum absolute atomic E-state index is 0.111. The maximum absolute atomic E-state index is 13.4. The fourth-order valence-corrected chi connectivity index (χ4v) is 5.09. The maximum atomic E-state index is 13.4. The lowest BCUT2D eigenvalue weighted by atomic mass is 9.98. The SMILES string of the molecule is Cc1ccccc1C(=O)c1ccccc1NC(=O)CN(CC(=O)Nc1ccccc1C(=O)c1ccccc1)Cc1ccccc1. The Hall–Kier alpha value is -5.66. The van der Waals surface area contributed by atoms with Gasteiger partial charge in [0.1, 0.15) is 0 Å². The molecule has 0 radical (unpaired) electrons. The summed E-state index contributed by atoms with van der Waals surface area (Å²) < 4.78 is 0. The molecule has 0 saturated heterocycles. The Bertz CT molecular complexity index is 1820. The van der Waals surface area contributed by atoms with Crippen LogP contribution < -0.4 is 10.6 Å². The van der Waals surface area contributed by atoms with E-state index in [1.165, 1.54) is 0 Å². The topological polar surface area (TPSA) is 95.6 Å². The second kappa shape index (κ2) is 14.7. The highest BCUT2D eigenvalue weighted by Gasteiger charge is 2.21. The normalized spacial score (nSPS) is 10.7. The van der Waals surface area contributed by atoms with Crippen molar-refractivity contribution >= 4 is 34.8 Å². The third-order valence-electron chi connectivity index (χ3n) is 7.30. The molecule has 2 N–H and O–H groups in total. The van der Waals surface area contributed by atoms with Gasteiger partial charge >= 0.3 is 0 Å². The van der Waals surface area contributed by atoms with Crippen LogP contribution in [0.15, 0.2) is 133 Å². The zero-order valence-corrected chi connectivity index (χ0v) is 24.9. The van der Waals surface area contributed by atoms with Gasteiger partial charge in [-0.3, -0.25) is 24.1 Å². The molecule has 0 aliphatic carbocycles. The molecule has 0 fully saturated rings. The fourth-order valence-electron chi connectivity index (χ4n) is 5.09. The highest BCUT2D eigenvalue weighted by atomic mass is 16.2. The molecule has 0 aliphatic heterocycles. The molecule has 0 spiro atoms. The molecular weight excluding hydrogens is 562 g/mol. The summed E-state index contributed by atoms with van der Waals surface area (Å²) in [6.07, 6.45) is 0. The number of anilines is 2. The molecule has 0 unspecified atom stereocenters. The van der Waals surface area contributed by atoms with Gasteiger partial charge in [0.05, 0.1) is 24.5 Å². The number of carbonyl (C=O) groups is 4. The molecule has 5 aromatic carbocycles. The lowest BCUT2D eigenvalue weighted by Crippen LogP contribution is -2.38. The summed E-state index contributed by atoms with van der Waals surface area (Å²) in [4.78, 5) is 55.0. The highest BCUT2D eigenvalue weighted by molar-refractivity contribution is 6.15. The molecule has 5 rings (SSSR count). The molecule has 45 heavy (non-hydrogen) atoms. The summed E-state index contributed by atoms with van der Waals surface area (Å²) in [7, 11) is 0. The second-order valence-electron chi connectivity index (χ2n) is 10.7. The van der Waals surface area contributed by atoms with Gasteiger partial charge in [0.15, 0.2) is 11.6 Å². The van der Waals surface area contributed by atoms with E-state index in [0.29, 0.717) is 40.2 Å². The van der Waals surface area contributed by atoms with Crippen molar-refractivity contribution in [2.24, 2.45) is 0 Å². The molecule has 2 amide bonds. The van der Waals surface area contributed by atoms with Crippen LogP contribution in [0.2, 0.25) is 0 Å². The van der Waals surface area contributed by atoms with Crippen LogP contribution in [0.5, 0.6) is 0 Å². The Morgan fingerprint density at radius 3 is 1.51 bits per heavy atom. The molecule has 0 aliphatic rings. The zero-order chi connectivity index (χ0) is 31.6. The first-order valence-corrected chi connectivity index (χ1v) is 14.6. The largest absolute Gasteiger partial charge is 0.324 e. The molecule has 0 aromatic heterocycles. The van der Waals surface area contributed by atoms with Crippen molar-refractivity contribution in [1.82, 2.24) is 4.90 Å². The predicted octanol–water partition coefficient (Wildman–Crippen LogP) is 6.54. The number of hydrogen-bond acceptors (Lipinski definition) is 5. The molecule has 7 heteroatoms. The molecule has 224 valence electrons. The van der Waals surface area contributed by atoms with E-state index in [0.717, 1.165) is 11.1 Å². The fraction of sp³-hybridized carbons (Fsp3) is 0.105. The van der Waals surface area contributed by atoms with Crippen molar-refractivity contribution in [3.63, 3.8) is 0 Å². The van der Waals surface area contributed by atoms with Crippen molar-refractivity contribution in [1.29, 1.82) is 0 Å². The number of nitrogens with one attached hydrogen (secondary N) is 2. The van der Waals surface area contributed by atoms with Crippen LogP contribution in [0.25, 0.3) is 0 Å². The third kappa shape index (κ3) is 8.04. The van der Waals surface area contributed by atoms with E-state index in [1.54, 1.807) is 83.8 Å². The summed E-state index contributed by atoms with van der Waals surface area (Å²) in [5.41, 5.74) is 4.39. The summed E-state index contributed by atoms with van der Waals surface area (Å²) in [6, 6.07) is 39.5. The third-order valence-corrected chi connectivity index (χ3v) is 7.30. The van der Waals surface area contributed by atoms with Crippen molar-refractivity contribution < 1.29 is 19.2 Å². The van der Waals surface area contributed by atoms with E-state index in [1.807, 2.05) is 61.5 Å². The van der Waals surface area contributed by atoms with Gasteiger partial charge in [-0.05, 0) is 42.3 Å². The molecule has 7 nitrogen and oxygen atoms in total. The first-order valence-electron chi connectivity index (χ1n) is 14.6. The van der Waals surface area contributed by atoms with Crippen molar-refractivity contribution in [2.75, 3.05) is 23.7 Å². The van der Waals surface area contributed by atoms with Crippen LogP contribution in [0, 0.1) is 6.92 Å². The molecule has 0 saturated carbocycles. The highest BCUT2D eigenvalue weighted by Crippen LogP contribution is 2.22. The summed E-state index contributed by atoms with van der Waals surface area (Å²) in [5, 5.41) is 5.75. The number of rotatable bonds is 12. The van der Waals surface area contributed by atoms with E-state index < -0.39 is 0 Å². The number of ketones is 2. The van der Waals surface area contributed by atoms with E-state index in [4.69, 9.17) is 0 Å². The average molecular weight is 596 g/mol. The van der Waals surface area contributed by atoms with Gasteiger partial charge < -0.3 is 10.6 Å². The van der Waals surface area contributed by atoms with Crippen LogP contribution in [0.1, 0.15) is 43.0 Å². The lowest BCUT2D eigenvalue weighted by Gasteiger charge is -2.22. The number of nitrogens with zero attached hydrogens (tertiary/aromatic N) is 1. The number of aryl methyl sites for hydroxylation is 1. The first-order chi connectivity index (χ1) is 21.9. The molecule has 0 bridgehead atoms.